The van der Waals surface area contributed by atoms with Crippen molar-refractivity contribution in [2.75, 3.05) is 0 Å². The predicted octanol–water partition coefficient (Wildman–Crippen LogP) is 0.583. The Hall–Kier alpha value is -0.740. The van der Waals surface area contributed by atoms with Crippen molar-refractivity contribution in [1.82, 2.24) is 0 Å². The highest BCUT2D eigenvalue weighted by molar-refractivity contribution is 7.87. The maximum absolute atomic E-state index is 10.9. The monoisotopic (exact) mass is 286 g/mol. The van der Waals surface area contributed by atoms with Gasteiger partial charge in [-0.1, -0.05) is 12.2 Å². The van der Waals surface area contributed by atoms with E-state index in [1.165, 1.54) is 0 Å². The van der Waals surface area contributed by atoms with Crippen LogP contribution in [0.15, 0.2) is 25.3 Å². The van der Waals surface area contributed by atoms with Gasteiger partial charge in [0.25, 0.3) is 20.2 Å². The van der Waals surface area contributed by atoms with E-state index in [9.17, 15) is 16.8 Å². The molecule has 2 N–H and O–H groups in total. The average Bonchev–Trinajstić information content (AvgIpc) is 2.12. The van der Waals surface area contributed by atoms with Gasteiger partial charge in [0.15, 0.2) is 10.9 Å². The number of rotatable bonds is 8. The first kappa shape index (κ1) is 16.3. The molecule has 9 heteroatoms. The molecule has 17 heavy (non-hydrogen) atoms. The maximum atomic E-state index is 10.9. The Balaban J connectivity index is 5.06. The van der Waals surface area contributed by atoms with Crippen molar-refractivity contribution >= 4 is 20.2 Å². The zero-order chi connectivity index (χ0) is 13.7. The van der Waals surface area contributed by atoms with Gasteiger partial charge in [-0.05, 0) is 0 Å². The molecule has 0 aliphatic heterocycles. The summed E-state index contributed by atoms with van der Waals surface area (Å²) in [4.78, 5) is 0. The van der Waals surface area contributed by atoms with Gasteiger partial charge in [0.2, 0.25) is 0 Å². The second kappa shape index (κ2) is 6.26. The van der Waals surface area contributed by atoms with Gasteiger partial charge < -0.3 is 4.74 Å². The molecule has 7 nitrogen and oxygen atoms in total. The first-order valence-corrected chi connectivity index (χ1v) is 7.43. The third kappa shape index (κ3) is 5.94. The summed E-state index contributed by atoms with van der Waals surface area (Å²) in [6.07, 6.45) is 1.63. The lowest BCUT2D eigenvalue weighted by Gasteiger charge is -2.19. The fourth-order valence-electron chi connectivity index (χ4n) is 0.936. The fraction of sp³-hybridized carbons (Fsp3) is 0.500. The molecular weight excluding hydrogens is 272 g/mol. The van der Waals surface area contributed by atoms with Crippen molar-refractivity contribution in [3.8, 4) is 0 Å². The van der Waals surface area contributed by atoms with E-state index in [-0.39, 0.29) is 12.8 Å². The van der Waals surface area contributed by atoms with Gasteiger partial charge >= 0.3 is 0 Å². The van der Waals surface area contributed by atoms with E-state index in [0.717, 1.165) is 12.2 Å². The molecule has 0 heterocycles. The van der Waals surface area contributed by atoms with Crippen molar-refractivity contribution in [2.45, 2.75) is 23.7 Å². The van der Waals surface area contributed by atoms with Gasteiger partial charge in [0.1, 0.15) is 0 Å². The number of ether oxygens (including phenoxy) is 1. The summed E-state index contributed by atoms with van der Waals surface area (Å²) in [7, 11) is -9.21. The third-order valence-corrected chi connectivity index (χ3v) is 3.62. The fourth-order valence-corrected chi connectivity index (χ4v) is 2.31. The van der Waals surface area contributed by atoms with Gasteiger partial charge in [-0.15, -0.1) is 13.2 Å². The van der Waals surface area contributed by atoms with Crippen molar-refractivity contribution in [3.63, 3.8) is 0 Å². The lowest BCUT2D eigenvalue weighted by molar-refractivity contribution is 0.0711. The molecule has 0 rings (SSSR count). The molecule has 0 spiro atoms. The van der Waals surface area contributed by atoms with Crippen LogP contribution in [0.1, 0.15) is 12.8 Å². The largest absolute Gasteiger partial charge is 0.337 e. The minimum absolute atomic E-state index is 0.317. The van der Waals surface area contributed by atoms with Gasteiger partial charge in [0.05, 0.1) is 0 Å². The lowest BCUT2D eigenvalue weighted by atomic mass is 10.4. The minimum Gasteiger partial charge on any atom is -0.337 e. The molecular formula is C8H14O7S2. The Morgan fingerprint density at radius 2 is 1.24 bits per heavy atom. The van der Waals surface area contributed by atoms with E-state index in [1.54, 1.807) is 0 Å². The summed E-state index contributed by atoms with van der Waals surface area (Å²) in [5.41, 5.74) is -3.60. The van der Waals surface area contributed by atoms with Crippen LogP contribution in [-0.4, -0.2) is 36.8 Å². The summed E-state index contributed by atoms with van der Waals surface area (Å²) in [6.45, 7) is 6.48. The van der Waals surface area contributed by atoms with E-state index in [2.05, 4.69) is 17.9 Å². The highest BCUT2D eigenvalue weighted by atomic mass is 32.2. The average molecular weight is 286 g/mol. The number of hydrogen-bond acceptors (Lipinski definition) is 5. The Morgan fingerprint density at radius 1 is 0.941 bits per heavy atom. The maximum Gasteiger partial charge on any atom is 0.292 e. The van der Waals surface area contributed by atoms with Crippen LogP contribution in [-0.2, 0) is 25.0 Å². The summed E-state index contributed by atoms with van der Waals surface area (Å²) in [5, 5.41) is 0. The van der Waals surface area contributed by atoms with Crippen molar-refractivity contribution < 1.29 is 30.7 Å². The van der Waals surface area contributed by atoms with E-state index in [1.807, 2.05) is 0 Å². The van der Waals surface area contributed by atoms with Gasteiger partial charge in [0, 0.05) is 12.8 Å². The molecule has 0 aromatic carbocycles. The summed E-state index contributed by atoms with van der Waals surface area (Å²) < 4.78 is 65.7. The van der Waals surface area contributed by atoms with Crippen LogP contribution in [0.4, 0.5) is 0 Å². The molecule has 0 aromatic rings. The Bertz CT molecular complexity index is 418. The molecule has 100 valence electrons. The van der Waals surface area contributed by atoms with Crippen LogP contribution in [0.3, 0.4) is 0 Å². The lowest BCUT2D eigenvalue weighted by Crippen LogP contribution is -2.33. The predicted molar refractivity (Wildman–Crippen MR) is 61.4 cm³/mol. The molecule has 0 amide bonds. The quantitative estimate of drug-likeness (QED) is 0.495. The molecule has 0 aromatic heterocycles. The first-order valence-electron chi connectivity index (χ1n) is 4.42. The molecule has 0 bridgehead atoms. The Kier molecular flexibility index (Phi) is 5.99. The summed E-state index contributed by atoms with van der Waals surface area (Å²) in [5.74, 6) is 0. The van der Waals surface area contributed by atoms with Crippen LogP contribution in [0.5, 0.6) is 0 Å². The second-order valence-corrected chi connectivity index (χ2v) is 6.19. The molecule has 2 unspecified atom stereocenters. The van der Waals surface area contributed by atoms with Gasteiger partial charge in [-0.25, -0.2) is 0 Å². The zero-order valence-corrected chi connectivity index (χ0v) is 10.5. The smallest absolute Gasteiger partial charge is 0.292 e. The molecule has 0 saturated carbocycles. The zero-order valence-electron chi connectivity index (χ0n) is 8.89. The van der Waals surface area contributed by atoms with Crippen molar-refractivity contribution in [3.05, 3.63) is 25.3 Å². The topological polar surface area (TPSA) is 118 Å². The third-order valence-electron chi connectivity index (χ3n) is 1.69. The van der Waals surface area contributed by atoms with E-state index in [0.29, 0.717) is 0 Å². The second-order valence-electron chi connectivity index (χ2n) is 3.07. The molecule has 2 atom stereocenters. The van der Waals surface area contributed by atoms with Gasteiger partial charge in [-0.2, -0.15) is 16.8 Å². The van der Waals surface area contributed by atoms with E-state index in [4.69, 9.17) is 9.11 Å². The van der Waals surface area contributed by atoms with Crippen LogP contribution in [0.2, 0.25) is 0 Å². The number of hydrogen-bond donors (Lipinski definition) is 2. The SMILES string of the molecule is C=CCC(OC(CC=C)S(=O)(=O)O)S(=O)(=O)O. The van der Waals surface area contributed by atoms with Crippen LogP contribution < -0.4 is 0 Å². The molecule has 0 aliphatic rings. The standard InChI is InChI=1S/C8H14O7S2/c1-3-5-7(16(9,10)11)15-8(6-4-2)17(12,13)14/h3-4,7-8H,1-2,5-6H2,(H,9,10,11)(H,12,13,14). The highest BCUT2D eigenvalue weighted by Gasteiger charge is 2.31. The molecule has 0 aliphatic carbocycles. The van der Waals surface area contributed by atoms with Crippen LogP contribution in [0, 0.1) is 0 Å². The highest BCUT2D eigenvalue weighted by Crippen LogP contribution is 2.16. The summed E-state index contributed by atoms with van der Waals surface area (Å²) in [6, 6.07) is 0. The van der Waals surface area contributed by atoms with Gasteiger partial charge in [-0.3, -0.25) is 9.11 Å². The molecule has 0 saturated heterocycles. The van der Waals surface area contributed by atoms with Crippen LogP contribution >= 0.6 is 0 Å². The van der Waals surface area contributed by atoms with E-state index < -0.39 is 31.1 Å². The molecule has 0 fully saturated rings. The summed E-state index contributed by atoms with van der Waals surface area (Å²) >= 11 is 0. The Morgan fingerprint density at radius 3 is 1.41 bits per heavy atom. The normalized spacial score (nSPS) is 16.1. The van der Waals surface area contributed by atoms with E-state index >= 15 is 0 Å². The Labute approximate surface area is 100 Å². The van der Waals surface area contributed by atoms with Crippen molar-refractivity contribution in [1.29, 1.82) is 0 Å². The van der Waals surface area contributed by atoms with Crippen LogP contribution in [0.25, 0.3) is 0 Å². The van der Waals surface area contributed by atoms with Crippen molar-refractivity contribution in [2.24, 2.45) is 0 Å². The first-order chi connectivity index (χ1) is 7.62. The molecule has 0 radical (unpaired) electrons. The minimum atomic E-state index is -4.60.